The Morgan fingerprint density at radius 2 is 2.00 bits per heavy atom. The SMILES string of the molecule is O=C1Nc2c(Cl)ccc(OC3CNC3)c2C2(CCCC2)N1. The number of hydrogen-bond acceptors (Lipinski definition) is 3. The van der Waals surface area contributed by atoms with Crippen LogP contribution in [0.25, 0.3) is 0 Å². The fraction of sp³-hybridized carbons (Fsp3) is 0.533. The molecule has 21 heavy (non-hydrogen) atoms. The van der Waals surface area contributed by atoms with Crippen molar-refractivity contribution in [1.82, 2.24) is 10.6 Å². The van der Waals surface area contributed by atoms with Gasteiger partial charge in [0.05, 0.1) is 16.2 Å². The van der Waals surface area contributed by atoms with Crippen molar-refractivity contribution in [2.24, 2.45) is 0 Å². The van der Waals surface area contributed by atoms with Crippen molar-refractivity contribution in [3.05, 3.63) is 22.7 Å². The maximum Gasteiger partial charge on any atom is 0.319 e. The molecular formula is C15H18ClN3O2. The highest BCUT2D eigenvalue weighted by Crippen LogP contribution is 2.50. The number of benzene rings is 1. The van der Waals surface area contributed by atoms with E-state index in [9.17, 15) is 4.79 Å². The van der Waals surface area contributed by atoms with Gasteiger partial charge in [-0.25, -0.2) is 4.79 Å². The molecule has 1 aromatic rings. The average Bonchev–Trinajstić information content (AvgIpc) is 2.85. The maximum atomic E-state index is 12.0. The summed E-state index contributed by atoms with van der Waals surface area (Å²) in [5, 5.41) is 9.75. The van der Waals surface area contributed by atoms with Crippen molar-refractivity contribution in [2.75, 3.05) is 18.4 Å². The van der Waals surface area contributed by atoms with E-state index in [4.69, 9.17) is 16.3 Å². The van der Waals surface area contributed by atoms with Crippen molar-refractivity contribution in [2.45, 2.75) is 37.3 Å². The Morgan fingerprint density at radius 1 is 1.24 bits per heavy atom. The highest BCUT2D eigenvalue weighted by Gasteiger charge is 2.45. The van der Waals surface area contributed by atoms with Crippen LogP contribution in [-0.2, 0) is 5.54 Å². The molecule has 0 atom stereocenters. The van der Waals surface area contributed by atoms with E-state index < -0.39 is 0 Å². The van der Waals surface area contributed by atoms with Crippen LogP contribution in [0.3, 0.4) is 0 Å². The van der Waals surface area contributed by atoms with E-state index in [1.54, 1.807) is 6.07 Å². The first-order chi connectivity index (χ1) is 10.2. The molecule has 5 nitrogen and oxygen atoms in total. The van der Waals surface area contributed by atoms with E-state index in [1.807, 2.05) is 6.07 Å². The monoisotopic (exact) mass is 307 g/mol. The van der Waals surface area contributed by atoms with Gasteiger partial charge in [-0.2, -0.15) is 0 Å². The number of urea groups is 1. The van der Waals surface area contributed by atoms with Gasteiger partial charge in [0.2, 0.25) is 0 Å². The van der Waals surface area contributed by atoms with E-state index in [0.717, 1.165) is 50.1 Å². The number of carbonyl (C=O) groups excluding carboxylic acids is 1. The Balaban J connectivity index is 1.83. The first-order valence-corrected chi connectivity index (χ1v) is 7.85. The minimum atomic E-state index is -0.324. The molecule has 112 valence electrons. The Morgan fingerprint density at radius 3 is 2.67 bits per heavy atom. The molecule has 1 aliphatic carbocycles. The van der Waals surface area contributed by atoms with E-state index in [-0.39, 0.29) is 17.7 Å². The molecule has 2 amide bonds. The number of nitrogens with one attached hydrogen (secondary N) is 3. The minimum absolute atomic E-state index is 0.172. The maximum absolute atomic E-state index is 12.0. The van der Waals surface area contributed by atoms with Gasteiger partial charge in [-0.3, -0.25) is 0 Å². The zero-order valence-electron chi connectivity index (χ0n) is 11.7. The molecule has 3 N–H and O–H groups in total. The highest BCUT2D eigenvalue weighted by atomic mass is 35.5. The molecule has 1 spiro atoms. The normalized spacial score (nSPS) is 23.2. The van der Waals surface area contributed by atoms with Gasteiger partial charge in [0.15, 0.2) is 0 Å². The van der Waals surface area contributed by atoms with Crippen LogP contribution in [-0.4, -0.2) is 25.2 Å². The summed E-state index contributed by atoms with van der Waals surface area (Å²) < 4.78 is 6.11. The lowest BCUT2D eigenvalue weighted by molar-refractivity contribution is 0.137. The second-order valence-corrected chi connectivity index (χ2v) is 6.47. The first-order valence-electron chi connectivity index (χ1n) is 7.47. The number of anilines is 1. The molecule has 2 heterocycles. The molecule has 1 saturated carbocycles. The van der Waals surface area contributed by atoms with E-state index in [2.05, 4.69) is 16.0 Å². The number of fused-ring (bicyclic) bond motifs is 2. The fourth-order valence-corrected chi connectivity index (χ4v) is 3.76. The van der Waals surface area contributed by atoms with Crippen molar-refractivity contribution in [3.63, 3.8) is 0 Å². The van der Waals surface area contributed by atoms with Crippen LogP contribution in [0.15, 0.2) is 12.1 Å². The zero-order chi connectivity index (χ0) is 14.4. The molecule has 0 bridgehead atoms. The molecule has 1 aromatic carbocycles. The van der Waals surface area contributed by atoms with Gasteiger partial charge in [0.25, 0.3) is 0 Å². The summed E-state index contributed by atoms with van der Waals surface area (Å²) in [5.74, 6) is 0.843. The number of hydrogen-bond donors (Lipinski definition) is 3. The van der Waals surface area contributed by atoms with Crippen molar-refractivity contribution < 1.29 is 9.53 Å². The minimum Gasteiger partial charge on any atom is -0.487 e. The fourth-order valence-electron chi connectivity index (χ4n) is 3.56. The van der Waals surface area contributed by atoms with Gasteiger partial charge in [0, 0.05) is 18.7 Å². The van der Waals surface area contributed by atoms with Crippen LogP contribution < -0.4 is 20.7 Å². The molecule has 6 heteroatoms. The van der Waals surface area contributed by atoms with Gasteiger partial charge in [0.1, 0.15) is 11.9 Å². The van der Waals surface area contributed by atoms with Crippen molar-refractivity contribution in [3.8, 4) is 5.75 Å². The number of ether oxygens (including phenoxy) is 1. The summed E-state index contributed by atoms with van der Waals surface area (Å²) in [4.78, 5) is 12.0. The van der Waals surface area contributed by atoms with Crippen LogP contribution in [0.2, 0.25) is 5.02 Å². The second-order valence-electron chi connectivity index (χ2n) is 6.06. The molecule has 2 fully saturated rings. The lowest BCUT2D eigenvalue weighted by atomic mass is 9.84. The van der Waals surface area contributed by atoms with Gasteiger partial charge < -0.3 is 20.7 Å². The summed E-state index contributed by atoms with van der Waals surface area (Å²) in [5.41, 5.74) is 1.42. The highest BCUT2D eigenvalue weighted by molar-refractivity contribution is 6.34. The topological polar surface area (TPSA) is 62.4 Å². The molecule has 3 aliphatic rings. The molecular weight excluding hydrogens is 290 g/mol. The Kier molecular flexibility index (Phi) is 3.01. The lowest BCUT2D eigenvalue weighted by Crippen LogP contribution is -2.52. The van der Waals surface area contributed by atoms with E-state index in [0.29, 0.717) is 10.7 Å². The first kappa shape index (κ1) is 13.2. The predicted molar refractivity (Wildman–Crippen MR) is 81.0 cm³/mol. The third-order valence-electron chi connectivity index (χ3n) is 4.68. The molecule has 4 rings (SSSR count). The molecule has 0 unspecified atom stereocenters. The third kappa shape index (κ3) is 2.07. The van der Waals surface area contributed by atoms with Crippen LogP contribution in [0, 0.1) is 0 Å². The summed E-state index contributed by atoms with van der Waals surface area (Å²) in [6, 6.07) is 3.56. The number of amides is 2. The molecule has 0 radical (unpaired) electrons. The van der Waals surface area contributed by atoms with E-state index in [1.165, 1.54) is 0 Å². The largest absolute Gasteiger partial charge is 0.487 e. The quantitative estimate of drug-likeness (QED) is 0.787. The average molecular weight is 308 g/mol. The summed E-state index contributed by atoms with van der Waals surface area (Å²) >= 11 is 6.32. The standard InChI is InChI=1S/C15H18ClN3O2/c16-10-3-4-11(21-9-7-17-8-9)12-13(10)18-14(20)19-15(12)5-1-2-6-15/h3-4,9,17H,1-2,5-8H2,(H2,18,19,20). The number of halogens is 1. The molecule has 0 aromatic heterocycles. The van der Waals surface area contributed by atoms with Crippen LogP contribution in [0.5, 0.6) is 5.75 Å². The van der Waals surface area contributed by atoms with Gasteiger partial charge in [-0.1, -0.05) is 24.4 Å². The van der Waals surface area contributed by atoms with Crippen molar-refractivity contribution >= 4 is 23.3 Å². The number of rotatable bonds is 2. The summed E-state index contributed by atoms with van der Waals surface area (Å²) in [6.45, 7) is 1.73. The van der Waals surface area contributed by atoms with Crippen LogP contribution in [0.1, 0.15) is 31.2 Å². The second kappa shape index (κ2) is 4.78. The number of carbonyl (C=O) groups is 1. The van der Waals surface area contributed by atoms with Crippen LogP contribution in [0.4, 0.5) is 10.5 Å². The van der Waals surface area contributed by atoms with Crippen molar-refractivity contribution in [1.29, 1.82) is 0 Å². The predicted octanol–water partition coefficient (Wildman–Crippen LogP) is 2.60. The molecule has 2 aliphatic heterocycles. The van der Waals surface area contributed by atoms with Gasteiger partial charge in [-0.15, -0.1) is 0 Å². The Bertz CT molecular complexity index is 595. The van der Waals surface area contributed by atoms with Gasteiger partial charge in [-0.05, 0) is 25.0 Å². The summed E-state index contributed by atoms with van der Waals surface area (Å²) in [7, 11) is 0. The van der Waals surface area contributed by atoms with E-state index >= 15 is 0 Å². The Labute approximate surface area is 128 Å². The third-order valence-corrected chi connectivity index (χ3v) is 5.00. The molecule has 1 saturated heterocycles. The lowest BCUT2D eigenvalue weighted by Gasteiger charge is -2.39. The van der Waals surface area contributed by atoms with Gasteiger partial charge >= 0.3 is 6.03 Å². The van der Waals surface area contributed by atoms with Crippen LogP contribution >= 0.6 is 11.6 Å². The summed E-state index contributed by atoms with van der Waals surface area (Å²) in [6.07, 6.45) is 4.29. The smallest absolute Gasteiger partial charge is 0.319 e. The Hall–Kier alpha value is -1.46. The zero-order valence-corrected chi connectivity index (χ0v) is 12.4.